The molecule has 4 rings (SSSR count). The highest BCUT2D eigenvalue weighted by Gasteiger charge is 2.31. The second kappa shape index (κ2) is 9.17. The number of anilines is 1. The number of aliphatic hydroxyl groups excluding tert-OH is 1. The summed E-state index contributed by atoms with van der Waals surface area (Å²) in [6.45, 7) is 3.58. The van der Waals surface area contributed by atoms with E-state index in [1.807, 2.05) is 30.3 Å². The average molecular weight is 444 g/mol. The Morgan fingerprint density at radius 3 is 2.64 bits per heavy atom. The maximum absolute atomic E-state index is 12.5. The standard InChI is InChI=1S/C24H24N6O3/c1-24(2,23(32)27-10-11-31)20-12-16(8-9-26-20)18-14-28-22(25)21(29-18)19-13-17(30-33-19)15-6-4-3-5-7-15/h3-9,12-14,31H,10-11H2,1-2H3,(H2,25,28)(H,27,32). The number of carbonyl (C=O) groups is 1. The van der Waals surface area contributed by atoms with Gasteiger partial charge in [0.15, 0.2) is 17.3 Å². The summed E-state index contributed by atoms with van der Waals surface area (Å²) < 4.78 is 5.51. The fourth-order valence-corrected chi connectivity index (χ4v) is 3.29. The summed E-state index contributed by atoms with van der Waals surface area (Å²) in [7, 11) is 0. The summed E-state index contributed by atoms with van der Waals surface area (Å²) in [4.78, 5) is 25.9. The van der Waals surface area contributed by atoms with E-state index < -0.39 is 5.41 Å². The quantitative estimate of drug-likeness (QED) is 0.395. The molecule has 33 heavy (non-hydrogen) atoms. The largest absolute Gasteiger partial charge is 0.395 e. The number of nitrogens with two attached hydrogens (primary N) is 1. The molecule has 9 heteroatoms. The summed E-state index contributed by atoms with van der Waals surface area (Å²) in [5.41, 5.74) is 8.95. The zero-order chi connectivity index (χ0) is 23.4. The van der Waals surface area contributed by atoms with E-state index in [1.165, 1.54) is 0 Å². The number of hydrogen-bond donors (Lipinski definition) is 3. The third kappa shape index (κ3) is 4.58. The topological polar surface area (TPSA) is 140 Å². The fraction of sp³-hybridized carbons (Fsp3) is 0.208. The van der Waals surface area contributed by atoms with Crippen LogP contribution >= 0.6 is 0 Å². The van der Waals surface area contributed by atoms with Crippen LogP contribution in [0.4, 0.5) is 5.82 Å². The predicted molar refractivity (Wildman–Crippen MR) is 124 cm³/mol. The molecule has 0 aliphatic heterocycles. The van der Waals surface area contributed by atoms with E-state index in [9.17, 15) is 4.79 Å². The van der Waals surface area contributed by atoms with Gasteiger partial charge in [0.05, 0.1) is 29.6 Å². The molecule has 9 nitrogen and oxygen atoms in total. The van der Waals surface area contributed by atoms with E-state index in [1.54, 1.807) is 44.4 Å². The molecule has 0 atom stereocenters. The first-order valence-corrected chi connectivity index (χ1v) is 10.4. The number of rotatable bonds is 7. The van der Waals surface area contributed by atoms with Crippen LogP contribution in [0.1, 0.15) is 19.5 Å². The summed E-state index contributed by atoms with van der Waals surface area (Å²) >= 11 is 0. The minimum Gasteiger partial charge on any atom is -0.395 e. The predicted octanol–water partition coefficient (Wildman–Crippen LogP) is 2.83. The van der Waals surface area contributed by atoms with Crippen molar-refractivity contribution in [3.8, 4) is 34.0 Å². The van der Waals surface area contributed by atoms with E-state index in [4.69, 9.17) is 15.4 Å². The molecule has 4 N–H and O–H groups in total. The van der Waals surface area contributed by atoms with Crippen molar-refractivity contribution in [2.24, 2.45) is 0 Å². The zero-order valence-electron chi connectivity index (χ0n) is 18.3. The second-order valence-corrected chi connectivity index (χ2v) is 7.97. The summed E-state index contributed by atoms with van der Waals surface area (Å²) in [6, 6.07) is 15.0. The first-order chi connectivity index (χ1) is 15.9. The number of nitrogen functional groups attached to an aromatic ring is 1. The van der Waals surface area contributed by atoms with Gasteiger partial charge in [0.1, 0.15) is 5.69 Å². The van der Waals surface area contributed by atoms with Crippen molar-refractivity contribution >= 4 is 11.7 Å². The van der Waals surface area contributed by atoms with E-state index in [0.29, 0.717) is 28.5 Å². The number of benzene rings is 1. The molecule has 0 fully saturated rings. The van der Waals surface area contributed by atoms with Gasteiger partial charge in [-0.15, -0.1) is 0 Å². The van der Waals surface area contributed by atoms with Gasteiger partial charge in [0.25, 0.3) is 0 Å². The minimum absolute atomic E-state index is 0.132. The molecule has 4 aromatic rings. The maximum Gasteiger partial charge on any atom is 0.231 e. The zero-order valence-corrected chi connectivity index (χ0v) is 18.3. The van der Waals surface area contributed by atoms with Crippen LogP contribution < -0.4 is 11.1 Å². The Labute approximate surface area is 190 Å². The molecule has 0 spiro atoms. The smallest absolute Gasteiger partial charge is 0.231 e. The van der Waals surface area contributed by atoms with Gasteiger partial charge in [-0.1, -0.05) is 35.5 Å². The van der Waals surface area contributed by atoms with Crippen molar-refractivity contribution in [3.63, 3.8) is 0 Å². The molecular weight excluding hydrogens is 420 g/mol. The van der Waals surface area contributed by atoms with Crippen molar-refractivity contribution in [2.75, 3.05) is 18.9 Å². The number of amides is 1. The second-order valence-electron chi connectivity index (χ2n) is 7.97. The molecule has 0 aliphatic carbocycles. The highest BCUT2D eigenvalue weighted by atomic mass is 16.5. The Balaban J connectivity index is 1.67. The third-order valence-electron chi connectivity index (χ3n) is 5.27. The van der Waals surface area contributed by atoms with Crippen molar-refractivity contribution in [2.45, 2.75) is 19.3 Å². The molecule has 168 valence electrons. The van der Waals surface area contributed by atoms with Gasteiger partial charge in [-0.05, 0) is 26.0 Å². The number of hydrogen-bond acceptors (Lipinski definition) is 8. The van der Waals surface area contributed by atoms with Crippen molar-refractivity contribution in [1.29, 1.82) is 0 Å². The number of nitrogens with one attached hydrogen (secondary N) is 1. The van der Waals surface area contributed by atoms with Crippen LogP contribution in [0.5, 0.6) is 0 Å². The Morgan fingerprint density at radius 1 is 1.09 bits per heavy atom. The van der Waals surface area contributed by atoms with Crippen LogP contribution in [0.15, 0.2) is 65.4 Å². The molecule has 1 amide bonds. The molecule has 3 aromatic heterocycles. The highest BCUT2D eigenvalue weighted by Crippen LogP contribution is 2.30. The Morgan fingerprint density at radius 2 is 1.88 bits per heavy atom. The molecular formula is C24H24N6O3. The molecule has 0 bridgehead atoms. The van der Waals surface area contributed by atoms with Crippen molar-refractivity contribution in [1.82, 2.24) is 25.4 Å². The SMILES string of the molecule is CC(C)(C(=O)NCCO)c1cc(-c2cnc(N)c(-c3cc(-c4ccccc4)no3)n2)ccn1. The number of nitrogens with zero attached hydrogens (tertiary/aromatic N) is 4. The fourth-order valence-electron chi connectivity index (χ4n) is 3.29. The van der Waals surface area contributed by atoms with Crippen LogP contribution in [0.25, 0.3) is 34.0 Å². The first kappa shape index (κ1) is 22.1. The number of aromatic nitrogens is 4. The van der Waals surface area contributed by atoms with Gasteiger partial charge in [-0.2, -0.15) is 0 Å². The highest BCUT2D eigenvalue weighted by molar-refractivity contribution is 5.87. The molecule has 0 saturated carbocycles. The number of aliphatic hydroxyl groups is 1. The Bertz CT molecular complexity index is 1270. The lowest BCUT2D eigenvalue weighted by Crippen LogP contribution is -2.41. The summed E-state index contributed by atoms with van der Waals surface area (Å²) in [6.07, 6.45) is 3.18. The lowest BCUT2D eigenvalue weighted by molar-refractivity contribution is -0.125. The monoisotopic (exact) mass is 444 g/mol. The molecule has 1 aromatic carbocycles. The van der Waals surface area contributed by atoms with E-state index in [2.05, 4.69) is 25.4 Å². The van der Waals surface area contributed by atoms with E-state index in [0.717, 1.165) is 11.1 Å². The van der Waals surface area contributed by atoms with Crippen LogP contribution in [-0.2, 0) is 10.2 Å². The molecule has 3 heterocycles. The summed E-state index contributed by atoms with van der Waals surface area (Å²) in [5.74, 6) is 0.381. The van der Waals surface area contributed by atoms with Crippen LogP contribution in [0.3, 0.4) is 0 Å². The normalized spacial score (nSPS) is 11.4. The van der Waals surface area contributed by atoms with Gasteiger partial charge in [-0.25, -0.2) is 9.97 Å². The third-order valence-corrected chi connectivity index (χ3v) is 5.27. The van der Waals surface area contributed by atoms with Gasteiger partial charge in [0, 0.05) is 29.9 Å². The molecule has 0 aliphatic rings. The Kier molecular flexibility index (Phi) is 6.14. The maximum atomic E-state index is 12.5. The van der Waals surface area contributed by atoms with Gasteiger partial charge >= 0.3 is 0 Å². The lowest BCUT2D eigenvalue weighted by atomic mass is 9.86. The van der Waals surface area contributed by atoms with Gasteiger partial charge in [-0.3, -0.25) is 9.78 Å². The Hall–Kier alpha value is -4.11. The molecule has 0 saturated heterocycles. The van der Waals surface area contributed by atoms with E-state index in [-0.39, 0.29) is 24.9 Å². The molecule has 0 unspecified atom stereocenters. The van der Waals surface area contributed by atoms with Crippen molar-refractivity contribution in [3.05, 3.63) is 66.6 Å². The lowest BCUT2D eigenvalue weighted by Gasteiger charge is -2.23. The first-order valence-electron chi connectivity index (χ1n) is 10.4. The van der Waals surface area contributed by atoms with Crippen LogP contribution in [0.2, 0.25) is 0 Å². The average Bonchev–Trinajstić information content (AvgIpc) is 3.33. The number of pyridine rings is 1. The van der Waals surface area contributed by atoms with Crippen LogP contribution in [0, 0.1) is 0 Å². The van der Waals surface area contributed by atoms with Gasteiger partial charge < -0.3 is 20.7 Å². The van der Waals surface area contributed by atoms with Crippen LogP contribution in [-0.4, -0.2) is 44.3 Å². The molecule has 0 radical (unpaired) electrons. The summed E-state index contributed by atoms with van der Waals surface area (Å²) in [5, 5.41) is 15.8. The minimum atomic E-state index is -0.912. The van der Waals surface area contributed by atoms with E-state index >= 15 is 0 Å². The van der Waals surface area contributed by atoms with Crippen molar-refractivity contribution < 1.29 is 14.4 Å². The van der Waals surface area contributed by atoms with Gasteiger partial charge in [0.2, 0.25) is 5.91 Å². The number of carbonyl (C=O) groups excluding carboxylic acids is 1.